The van der Waals surface area contributed by atoms with Crippen LogP contribution in [-0.4, -0.2) is 47.8 Å². The molecule has 0 saturated carbocycles. The van der Waals surface area contributed by atoms with E-state index in [0.29, 0.717) is 17.3 Å². The third-order valence-electron chi connectivity index (χ3n) is 6.53. The Balaban J connectivity index is 0.00000193. The predicted molar refractivity (Wildman–Crippen MR) is 110 cm³/mol. The minimum absolute atomic E-state index is 0. The maximum absolute atomic E-state index is 14.6. The minimum Gasteiger partial charge on any atom is -1.00 e. The number of hydrogen-bond acceptors (Lipinski definition) is 3. The van der Waals surface area contributed by atoms with Crippen LogP contribution in [0, 0.1) is 23.3 Å². The minimum atomic E-state index is -3.08. The lowest BCUT2D eigenvalue weighted by molar-refractivity contribution is -0.926. The van der Waals surface area contributed by atoms with Gasteiger partial charge in [-0.1, -0.05) is 31.7 Å². The first kappa shape index (κ1) is 27.0. The zero-order chi connectivity index (χ0) is 22.6. The lowest BCUT2D eigenvalue weighted by Crippen LogP contribution is -3.00. The summed E-state index contributed by atoms with van der Waals surface area (Å²) in [5.41, 5.74) is -4.78. The van der Waals surface area contributed by atoms with Gasteiger partial charge in [0.05, 0.1) is 14.1 Å². The summed E-state index contributed by atoms with van der Waals surface area (Å²) < 4.78 is 63.3. The van der Waals surface area contributed by atoms with Gasteiger partial charge in [0, 0.05) is 24.0 Å². The van der Waals surface area contributed by atoms with Crippen molar-refractivity contribution in [1.82, 2.24) is 0 Å². The molecule has 2 aliphatic rings. The van der Waals surface area contributed by atoms with E-state index < -0.39 is 52.1 Å². The molecule has 1 fully saturated rings. The summed E-state index contributed by atoms with van der Waals surface area (Å²) in [4.78, 5) is 13.2. The van der Waals surface area contributed by atoms with E-state index in [1.165, 1.54) is 0 Å². The first-order chi connectivity index (χ1) is 14.6. The Morgan fingerprint density at radius 2 is 1.36 bits per heavy atom. The van der Waals surface area contributed by atoms with Crippen molar-refractivity contribution in [3.05, 3.63) is 82.9 Å². The van der Waals surface area contributed by atoms with Crippen molar-refractivity contribution in [2.45, 2.75) is 44.1 Å². The van der Waals surface area contributed by atoms with E-state index in [9.17, 15) is 27.5 Å². The lowest BCUT2D eigenvalue weighted by atomic mass is 9.85. The van der Waals surface area contributed by atoms with Crippen LogP contribution in [0.3, 0.4) is 0 Å². The standard InChI is InChI=1S/C23H22F4NO3.CH4.BrH/c1-28(2)13-9-10-14(28)12-15(11-13)31-22(29)23(30,16-5-3-7-18(24)20(16)26)17-6-4-8-19(25)21(17)27;;/h3-10,13-15,30H,11-12H2,1-2H3;1H4;1H/q+1;;/p-1/t13-,14?,15?;;/m1../s1. The van der Waals surface area contributed by atoms with Gasteiger partial charge in [-0.25, -0.2) is 22.4 Å². The SMILES string of the molecule is C.C[N+]1(C)C2C=C[C@@H]1CC(OC(=O)C(O)(c1cccc(F)c1F)c1cccc(F)c1F)C2.[Br-]. The smallest absolute Gasteiger partial charge is 0.348 e. The summed E-state index contributed by atoms with van der Waals surface area (Å²) in [5, 5.41) is 11.3. The van der Waals surface area contributed by atoms with Gasteiger partial charge in [0.1, 0.15) is 18.2 Å². The Bertz CT molecular complexity index is 1010. The van der Waals surface area contributed by atoms with E-state index in [1.807, 2.05) is 26.2 Å². The molecule has 33 heavy (non-hydrogen) atoms. The number of carbonyl (C=O) groups excluding carboxylic acids is 1. The van der Waals surface area contributed by atoms with Gasteiger partial charge in [0.15, 0.2) is 23.3 Å². The van der Waals surface area contributed by atoms with Crippen LogP contribution in [-0.2, 0) is 15.1 Å². The average Bonchev–Trinajstić information content (AvgIpc) is 2.88. The van der Waals surface area contributed by atoms with Crippen LogP contribution in [0.4, 0.5) is 17.6 Å². The van der Waals surface area contributed by atoms with Gasteiger partial charge in [0.2, 0.25) is 5.60 Å². The van der Waals surface area contributed by atoms with Crippen molar-refractivity contribution in [3.63, 3.8) is 0 Å². The van der Waals surface area contributed by atoms with Crippen LogP contribution in [0.1, 0.15) is 31.4 Å². The number of piperidine rings is 1. The summed E-state index contributed by atoms with van der Waals surface area (Å²) in [6.07, 6.45) is 4.31. The first-order valence-corrected chi connectivity index (χ1v) is 9.91. The molecule has 2 unspecified atom stereocenters. The van der Waals surface area contributed by atoms with Crippen LogP contribution in [0.15, 0.2) is 48.6 Å². The summed E-state index contributed by atoms with van der Waals surface area (Å²) in [6, 6.07) is 5.73. The van der Waals surface area contributed by atoms with Crippen LogP contribution in [0.25, 0.3) is 0 Å². The van der Waals surface area contributed by atoms with E-state index in [0.717, 1.165) is 36.4 Å². The number of likely N-dealkylation sites (N-methyl/N-ethyl adjacent to an activating group) is 1. The summed E-state index contributed by atoms with van der Waals surface area (Å²) in [5.74, 6) is -7.18. The highest BCUT2D eigenvalue weighted by molar-refractivity contribution is 5.85. The fourth-order valence-electron chi connectivity index (χ4n) is 4.55. The van der Waals surface area contributed by atoms with Crippen molar-refractivity contribution in [3.8, 4) is 0 Å². The molecule has 4 nitrogen and oxygen atoms in total. The van der Waals surface area contributed by atoms with Crippen LogP contribution >= 0.6 is 0 Å². The van der Waals surface area contributed by atoms with Crippen molar-refractivity contribution >= 4 is 5.97 Å². The van der Waals surface area contributed by atoms with E-state index in [1.54, 1.807) is 0 Å². The molecule has 0 spiro atoms. The Labute approximate surface area is 200 Å². The second-order valence-electron chi connectivity index (χ2n) is 8.56. The molecule has 0 aliphatic carbocycles. The predicted octanol–water partition coefficient (Wildman–Crippen LogP) is 1.21. The number of ether oxygens (including phenoxy) is 1. The number of rotatable bonds is 4. The van der Waals surface area contributed by atoms with Gasteiger partial charge in [-0.15, -0.1) is 0 Å². The van der Waals surface area contributed by atoms with Crippen LogP contribution in [0.5, 0.6) is 0 Å². The first-order valence-electron chi connectivity index (χ1n) is 9.91. The number of quaternary nitrogens is 1. The molecule has 2 aromatic carbocycles. The number of hydrogen-bond donors (Lipinski definition) is 1. The van der Waals surface area contributed by atoms with E-state index >= 15 is 0 Å². The third kappa shape index (κ3) is 4.34. The molecule has 4 rings (SSSR count). The number of esters is 1. The van der Waals surface area contributed by atoms with Gasteiger partial charge in [-0.2, -0.15) is 0 Å². The molecule has 9 heteroatoms. The molecule has 2 heterocycles. The van der Waals surface area contributed by atoms with Crippen molar-refractivity contribution < 1.29 is 53.7 Å². The molecule has 2 aromatic rings. The fourth-order valence-corrected chi connectivity index (χ4v) is 4.55. The number of nitrogens with zero attached hydrogens (tertiary/aromatic N) is 1. The maximum Gasteiger partial charge on any atom is 0.348 e. The van der Waals surface area contributed by atoms with E-state index in [-0.39, 0.29) is 36.5 Å². The number of fused-ring (bicyclic) bond motifs is 2. The summed E-state index contributed by atoms with van der Waals surface area (Å²) in [6.45, 7) is 0. The second-order valence-corrected chi connectivity index (χ2v) is 8.56. The molecule has 0 aromatic heterocycles. The van der Waals surface area contributed by atoms with E-state index in [2.05, 4.69) is 0 Å². The van der Waals surface area contributed by atoms with Gasteiger partial charge in [-0.05, 0) is 24.3 Å². The van der Waals surface area contributed by atoms with Gasteiger partial charge in [0.25, 0.3) is 0 Å². The second kappa shape index (κ2) is 9.56. The quantitative estimate of drug-likeness (QED) is 0.279. The van der Waals surface area contributed by atoms with Crippen molar-refractivity contribution in [1.29, 1.82) is 0 Å². The highest BCUT2D eigenvalue weighted by Crippen LogP contribution is 2.39. The highest BCUT2D eigenvalue weighted by atomic mass is 79.9. The van der Waals surface area contributed by atoms with Gasteiger partial charge < -0.3 is 31.3 Å². The topological polar surface area (TPSA) is 46.5 Å². The molecule has 0 radical (unpaired) electrons. The molecule has 2 bridgehead atoms. The van der Waals surface area contributed by atoms with Crippen molar-refractivity contribution in [2.75, 3.05) is 14.1 Å². The molecule has 0 amide bonds. The largest absolute Gasteiger partial charge is 1.00 e. The highest BCUT2D eigenvalue weighted by Gasteiger charge is 2.51. The third-order valence-corrected chi connectivity index (χ3v) is 6.53. The molecule has 2 aliphatic heterocycles. The van der Waals surface area contributed by atoms with Crippen LogP contribution < -0.4 is 17.0 Å². The maximum atomic E-state index is 14.6. The Kier molecular flexibility index (Phi) is 7.83. The number of aliphatic hydroxyl groups is 1. The fraction of sp³-hybridized carbons (Fsp3) is 0.375. The Morgan fingerprint density at radius 1 is 0.939 bits per heavy atom. The monoisotopic (exact) mass is 531 g/mol. The van der Waals surface area contributed by atoms with E-state index in [4.69, 9.17) is 4.74 Å². The van der Waals surface area contributed by atoms with Crippen LogP contribution in [0.2, 0.25) is 0 Å². The molecular weight excluding hydrogens is 506 g/mol. The number of carbonyl (C=O) groups is 1. The molecule has 180 valence electrons. The Hall–Kier alpha value is -2.23. The lowest BCUT2D eigenvalue weighted by Gasteiger charge is -2.44. The van der Waals surface area contributed by atoms with Gasteiger partial charge >= 0.3 is 5.97 Å². The summed E-state index contributed by atoms with van der Waals surface area (Å²) >= 11 is 0. The number of benzene rings is 2. The zero-order valence-corrected chi connectivity index (χ0v) is 19.0. The average molecular weight is 532 g/mol. The molecule has 1 N–H and O–H groups in total. The molecule has 1 saturated heterocycles. The van der Waals surface area contributed by atoms with Crippen molar-refractivity contribution in [2.24, 2.45) is 0 Å². The number of halogens is 5. The summed E-state index contributed by atoms with van der Waals surface area (Å²) in [7, 11) is 4.10. The zero-order valence-electron chi connectivity index (χ0n) is 17.4. The normalized spacial score (nSPS) is 22.8. The Morgan fingerprint density at radius 3 is 1.79 bits per heavy atom. The van der Waals surface area contributed by atoms with Gasteiger partial charge in [-0.3, -0.25) is 0 Å². The molecular formula is C24H26BrF4NO3. The molecule has 3 atom stereocenters.